The van der Waals surface area contributed by atoms with Gasteiger partial charge in [0.2, 0.25) is 0 Å². The van der Waals surface area contributed by atoms with E-state index in [2.05, 4.69) is 58.5 Å². The summed E-state index contributed by atoms with van der Waals surface area (Å²) in [6.45, 7) is 4.55. The van der Waals surface area contributed by atoms with Crippen molar-refractivity contribution in [1.29, 1.82) is 0 Å². The fraction of sp³-hybridized carbons (Fsp3) is 0.450. The molecule has 1 aromatic carbocycles. The lowest BCUT2D eigenvalue weighted by Crippen LogP contribution is -2.23. The van der Waals surface area contributed by atoms with Crippen LogP contribution in [0.15, 0.2) is 48.7 Å². The zero-order chi connectivity index (χ0) is 15.5. The molecule has 0 amide bonds. The molecule has 0 unspecified atom stereocenters. The van der Waals surface area contributed by atoms with E-state index in [4.69, 9.17) is 4.98 Å². The van der Waals surface area contributed by atoms with Crippen LogP contribution in [-0.4, -0.2) is 29.5 Å². The molecule has 4 rings (SSSR count). The number of likely N-dealkylation sites (tertiary alicyclic amines) is 1. The number of hydrogen-bond donors (Lipinski definition) is 0. The van der Waals surface area contributed by atoms with Gasteiger partial charge in [-0.25, -0.2) is 4.98 Å². The molecule has 0 aliphatic carbocycles. The number of aromatic nitrogens is 1. The van der Waals surface area contributed by atoms with Crippen molar-refractivity contribution >= 4 is 5.82 Å². The molecule has 0 bridgehead atoms. The molecule has 3 nitrogen and oxygen atoms in total. The predicted molar refractivity (Wildman–Crippen MR) is 94.5 cm³/mol. The number of benzene rings is 1. The van der Waals surface area contributed by atoms with Crippen LogP contribution in [0.1, 0.15) is 42.9 Å². The molecule has 2 aliphatic heterocycles. The summed E-state index contributed by atoms with van der Waals surface area (Å²) in [5, 5.41) is 0. The Morgan fingerprint density at radius 1 is 0.913 bits per heavy atom. The average Bonchev–Trinajstić information content (AvgIpc) is 3.28. The second kappa shape index (κ2) is 6.71. The molecular weight excluding hydrogens is 282 g/mol. The Kier molecular flexibility index (Phi) is 4.29. The van der Waals surface area contributed by atoms with Gasteiger partial charge in [-0.05, 0) is 49.4 Å². The van der Waals surface area contributed by atoms with Gasteiger partial charge < -0.3 is 4.90 Å². The highest BCUT2D eigenvalue weighted by atomic mass is 15.2. The van der Waals surface area contributed by atoms with Gasteiger partial charge in [-0.3, -0.25) is 4.90 Å². The van der Waals surface area contributed by atoms with Crippen LogP contribution in [0.5, 0.6) is 0 Å². The van der Waals surface area contributed by atoms with Crippen molar-refractivity contribution in [1.82, 2.24) is 9.88 Å². The number of anilines is 1. The summed E-state index contributed by atoms with van der Waals surface area (Å²) in [6, 6.07) is 15.9. The molecule has 2 aliphatic rings. The van der Waals surface area contributed by atoms with E-state index in [0.717, 1.165) is 25.5 Å². The second-order valence-corrected chi connectivity index (χ2v) is 6.76. The topological polar surface area (TPSA) is 19.4 Å². The summed E-state index contributed by atoms with van der Waals surface area (Å²) in [4.78, 5) is 9.75. The van der Waals surface area contributed by atoms with Gasteiger partial charge in [0.15, 0.2) is 0 Å². The Labute approximate surface area is 139 Å². The molecule has 0 radical (unpaired) electrons. The fourth-order valence-corrected chi connectivity index (χ4v) is 3.94. The summed E-state index contributed by atoms with van der Waals surface area (Å²) in [5.41, 5.74) is 2.78. The van der Waals surface area contributed by atoms with Crippen LogP contribution < -0.4 is 4.90 Å². The third-order valence-electron chi connectivity index (χ3n) is 5.18. The SMILES string of the molecule is c1ccc(CN2CCC[C@@H]2c2ccc(N3CCCC3)nc2)cc1. The highest BCUT2D eigenvalue weighted by Gasteiger charge is 2.26. The lowest BCUT2D eigenvalue weighted by molar-refractivity contribution is 0.248. The van der Waals surface area contributed by atoms with E-state index in [-0.39, 0.29) is 0 Å². The van der Waals surface area contributed by atoms with Crippen molar-refractivity contribution in [2.45, 2.75) is 38.3 Å². The Morgan fingerprint density at radius 3 is 2.48 bits per heavy atom. The first-order valence-electron chi connectivity index (χ1n) is 8.89. The predicted octanol–water partition coefficient (Wildman–Crippen LogP) is 4.02. The highest BCUT2D eigenvalue weighted by Crippen LogP contribution is 2.33. The summed E-state index contributed by atoms with van der Waals surface area (Å²) < 4.78 is 0. The van der Waals surface area contributed by atoms with E-state index >= 15 is 0 Å². The first kappa shape index (κ1) is 14.7. The molecule has 0 N–H and O–H groups in total. The molecule has 120 valence electrons. The van der Waals surface area contributed by atoms with Gasteiger partial charge >= 0.3 is 0 Å². The van der Waals surface area contributed by atoms with Crippen molar-refractivity contribution in [3.05, 3.63) is 59.8 Å². The third-order valence-corrected chi connectivity index (χ3v) is 5.18. The van der Waals surface area contributed by atoms with E-state index in [1.165, 1.54) is 43.4 Å². The first-order valence-corrected chi connectivity index (χ1v) is 8.89. The van der Waals surface area contributed by atoms with Crippen LogP contribution in [0.25, 0.3) is 0 Å². The maximum Gasteiger partial charge on any atom is 0.128 e. The summed E-state index contributed by atoms with van der Waals surface area (Å²) >= 11 is 0. The smallest absolute Gasteiger partial charge is 0.128 e. The van der Waals surface area contributed by atoms with Crippen LogP contribution in [0, 0.1) is 0 Å². The molecule has 23 heavy (non-hydrogen) atoms. The first-order chi connectivity index (χ1) is 11.4. The van der Waals surface area contributed by atoms with E-state index in [9.17, 15) is 0 Å². The molecule has 2 saturated heterocycles. The van der Waals surface area contributed by atoms with Crippen molar-refractivity contribution in [3.63, 3.8) is 0 Å². The lowest BCUT2D eigenvalue weighted by atomic mass is 10.1. The van der Waals surface area contributed by atoms with Crippen molar-refractivity contribution in [3.8, 4) is 0 Å². The van der Waals surface area contributed by atoms with E-state index in [1.54, 1.807) is 0 Å². The van der Waals surface area contributed by atoms with Crippen LogP contribution in [-0.2, 0) is 6.54 Å². The number of hydrogen-bond acceptors (Lipinski definition) is 3. The standard InChI is InChI=1S/C20H25N3/c1-2-7-17(8-3-1)16-23-14-6-9-19(23)18-10-11-20(21-15-18)22-12-4-5-13-22/h1-3,7-8,10-11,15,19H,4-6,9,12-14,16H2/t19-/m1/s1. The van der Waals surface area contributed by atoms with Gasteiger partial charge in [-0.15, -0.1) is 0 Å². The normalized spacial score (nSPS) is 21.9. The average molecular weight is 307 g/mol. The molecule has 0 spiro atoms. The van der Waals surface area contributed by atoms with Gasteiger partial charge in [0.25, 0.3) is 0 Å². The summed E-state index contributed by atoms with van der Waals surface area (Å²) in [5.74, 6) is 1.15. The van der Waals surface area contributed by atoms with Crippen LogP contribution >= 0.6 is 0 Å². The van der Waals surface area contributed by atoms with Crippen LogP contribution in [0.4, 0.5) is 5.82 Å². The second-order valence-electron chi connectivity index (χ2n) is 6.76. The van der Waals surface area contributed by atoms with E-state index < -0.39 is 0 Å². The zero-order valence-corrected chi connectivity index (χ0v) is 13.7. The van der Waals surface area contributed by atoms with Gasteiger partial charge in [0.1, 0.15) is 5.82 Å². The van der Waals surface area contributed by atoms with Crippen molar-refractivity contribution in [2.75, 3.05) is 24.5 Å². The number of pyridine rings is 1. The Morgan fingerprint density at radius 2 is 1.74 bits per heavy atom. The van der Waals surface area contributed by atoms with Crippen LogP contribution in [0.2, 0.25) is 0 Å². The minimum atomic E-state index is 0.523. The quantitative estimate of drug-likeness (QED) is 0.850. The molecule has 1 aromatic heterocycles. The molecule has 3 heteroatoms. The van der Waals surface area contributed by atoms with Gasteiger partial charge in [0, 0.05) is 31.9 Å². The lowest BCUT2D eigenvalue weighted by Gasteiger charge is -2.25. The molecule has 0 saturated carbocycles. The number of rotatable bonds is 4. The van der Waals surface area contributed by atoms with E-state index in [0.29, 0.717) is 6.04 Å². The van der Waals surface area contributed by atoms with Crippen molar-refractivity contribution < 1.29 is 0 Å². The Hall–Kier alpha value is -1.87. The zero-order valence-electron chi connectivity index (χ0n) is 13.7. The van der Waals surface area contributed by atoms with Crippen LogP contribution in [0.3, 0.4) is 0 Å². The third kappa shape index (κ3) is 3.25. The molecule has 3 heterocycles. The maximum absolute atomic E-state index is 4.75. The van der Waals surface area contributed by atoms with Gasteiger partial charge in [-0.2, -0.15) is 0 Å². The largest absolute Gasteiger partial charge is 0.357 e. The molecular formula is C20H25N3. The summed E-state index contributed by atoms with van der Waals surface area (Å²) in [7, 11) is 0. The fourth-order valence-electron chi connectivity index (χ4n) is 3.94. The molecule has 2 aromatic rings. The van der Waals surface area contributed by atoms with Gasteiger partial charge in [-0.1, -0.05) is 36.4 Å². The van der Waals surface area contributed by atoms with Crippen molar-refractivity contribution in [2.24, 2.45) is 0 Å². The minimum absolute atomic E-state index is 0.523. The minimum Gasteiger partial charge on any atom is -0.357 e. The Balaban J connectivity index is 1.47. The number of nitrogens with zero attached hydrogens (tertiary/aromatic N) is 3. The van der Waals surface area contributed by atoms with Gasteiger partial charge in [0.05, 0.1) is 0 Å². The summed E-state index contributed by atoms with van der Waals surface area (Å²) in [6.07, 6.45) is 7.25. The maximum atomic E-state index is 4.75. The van der Waals surface area contributed by atoms with E-state index in [1.807, 2.05) is 0 Å². The monoisotopic (exact) mass is 307 g/mol. The highest BCUT2D eigenvalue weighted by molar-refractivity contribution is 5.40. The Bertz CT molecular complexity index is 617. The molecule has 1 atom stereocenters. The molecule has 2 fully saturated rings.